The van der Waals surface area contributed by atoms with Crippen LogP contribution in [0.25, 0.3) is 17.1 Å². The molecule has 0 aliphatic heterocycles. The van der Waals surface area contributed by atoms with Gasteiger partial charge < -0.3 is 4.42 Å². The van der Waals surface area contributed by atoms with Crippen molar-refractivity contribution in [3.8, 4) is 11.3 Å². The van der Waals surface area contributed by atoms with Crippen LogP contribution in [-0.4, -0.2) is 14.6 Å². The summed E-state index contributed by atoms with van der Waals surface area (Å²) in [6.45, 7) is 1.79. The molecule has 0 spiro atoms. The van der Waals surface area contributed by atoms with Crippen molar-refractivity contribution in [3.63, 3.8) is 0 Å². The van der Waals surface area contributed by atoms with Crippen molar-refractivity contribution in [1.29, 1.82) is 0 Å². The van der Waals surface area contributed by atoms with Crippen molar-refractivity contribution in [1.82, 2.24) is 14.6 Å². The van der Waals surface area contributed by atoms with E-state index in [0.717, 1.165) is 11.3 Å². The van der Waals surface area contributed by atoms with Gasteiger partial charge in [-0.15, -0.1) is 5.10 Å². The SMILES string of the molecule is Cc1nn2cc(-c3ccc(Cl)cc3)nc2o1. The number of nitrogens with zero attached hydrogens (tertiary/aromatic N) is 3. The number of fused-ring (bicyclic) bond motifs is 1. The largest absolute Gasteiger partial charge is 0.408 e. The Morgan fingerprint density at radius 1 is 1.25 bits per heavy atom. The number of imidazole rings is 1. The molecule has 5 heteroatoms. The molecule has 0 fully saturated rings. The van der Waals surface area contributed by atoms with Gasteiger partial charge in [-0.25, -0.2) is 0 Å². The van der Waals surface area contributed by atoms with Crippen molar-refractivity contribution in [2.75, 3.05) is 0 Å². The zero-order chi connectivity index (χ0) is 11.1. The van der Waals surface area contributed by atoms with Crippen LogP contribution >= 0.6 is 11.6 Å². The average Bonchev–Trinajstić information content (AvgIpc) is 2.75. The predicted octanol–water partition coefficient (Wildman–Crippen LogP) is 2.95. The second kappa shape index (κ2) is 3.35. The molecule has 3 rings (SSSR count). The van der Waals surface area contributed by atoms with Crippen LogP contribution in [-0.2, 0) is 0 Å². The zero-order valence-electron chi connectivity index (χ0n) is 8.51. The standard InChI is InChI=1S/C11H8ClN3O/c1-7-14-15-6-10(13-11(15)16-7)8-2-4-9(12)5-3-8/h2-6H,1H3. The van der Waals surface area contributed by atoms with Crippen molar-refractivity contribution in [2.24, 2.45) is 0 Å². The highest BCUT2D eigenvalue weighted by Crippen LogP contribution is 2.21. The fourth-order valence-corrected chi connectivity index (χ4v) is 1.69. The Morgan fingerprint density at radius 3 is 2.69 bits per heavy atom. The second-order valence-electron chi connectivity index (χ2n) is 3.48. The van der Waals surface area contributed by atoms with E-state index in [0.29, 0.717) is 16.8 Å². The first-order chi connectivity index (χ1) is 7.72. The molecule has 4 nitrogen and oxygen atoms in total. The van der Waals surface area contributed by atoms with Gasteiger partial charge in [0.15, 0.2) is 0 Å². The van der Waals surface area contributed by atoms with Gasteiger partial charge in [-0.1, -0.05) is 23.7 Å². The van der Waals surface area contributed by atoms with Crippen molar-refractivity contribution >= 4 is 17.4 Å². The van der Waals surface area contributed by atoms with Crippen molar-refractivity contribution in [3.05, 3.63) is 41.4 Å². The number of hydrogen-bond donors (Lipinski definition) is 0. The highest BCUT2D eigenvalue weighted by atomic mass is 35.5. The maximum atomic E-state index is 5.82. The second-order valence-corrected chi connectivity index (χ2v) is 3.92. The first kappa shape index (κ1) is 9.42. The molecule has 0 amide bonds. The molecule has 0 saturated carbocycles. The van der Waals surface area contributed by atoms with Gasteiger partial charge in [-0.2, -0.15) is 9.50 Å². The summed E-state index contributed by atoms with van der Waals surface area (Å²) >= 11 is 5.82. The Balaban J connectivity index is 2.11. The summed E-state index contributed by atoms with van der Waals surface area (Å²) in [5.41, 5.74) is 1.81. The Hall–Kier alpha value is -1.81. The summed E-state index contributed by atoms with van der Waals surface area (Å²) in [6, 6.07) is 7.49. The van der Waals surface area contributed by atoms with E-state index >= 15 is 0 Å². The van der Waals surface area contributed by atoms with Gasteiger partial charge in [0.05, 0.1) is 11.9 Å². The third kappa shape index (κ3) is 1.47. The number of rotatable bonds is 1. The molecule has 0 N–H and O–H groups in total. The van der Waals surface area contributed by atoms with Gasteiger partial charge in [0.25, 0.3) is 0 Å². The molecular weight excluding hydrogens is 226 g/mol. The lowest BCUT2D eigenvalue weighted by Crippen LogP contribution is -1.80. The summed E-state index contributed by atoms with van der Waals surface area (Å²) in [5.74, 6) is 1.10. The topological polar surface area (TPSA) is 43.3 Å². The lowest BCUT2D eigenvalue weighted by Gasteiger charge is -1.94. The number of aromatic nitrogens is 3. The molecule has 3 aromatic rings. The fourth-order valence-electron chi connectivity index (χ4n) is 1.56. The van der Waals surface area contributed by atoms with Crippen LogP contribution in [0.15, 0.2) is 34.9 Å². The van der Waals surface area contributed by atoms with Gasteiger partial charge in [0.2, 0.25) is 5.89 Å². The lowest BCUT2D eigenvalue weighted by molar-refractivity contribution is 0.551. The van der Waals surface area contributed by atoms with Crippen LogP contribution in [0.2, 0.25) is 5.02 Å². The van der Waals surface area contributed by atoms with Crippen LogP contribution in [0.4, 0.5) is 0 Å². The van der Waals surface area contributed by atoms with Gasteiger partial charge in [0, 0.05) is 17.5 Å². The van der Waals surface area contributed by atoms with E-state index in [1.54, 1.807) is 11.4 Å². The molecule has 2 heterocycles. The van der Waals surface area contributed by atoms with E-state index in [-0.39, 0.29) is 0 Å². The Labute approximate surface area is 96.5 Å². The van der Waals surface area contributed by atoms with E-state index in [2.05, 4.69) is 10.1 Å². The number of aryl methyl sites for hydroxylation is 1. The molecule has 0 aliphatic rings. The minimum atomic E-state index is 0.502. The first-order valence-corrected chi connectivity index (χ1v) is 5.19. The highest BCUT2D eigenvalue weighted by Gasteiger charge is 2.08. The first-order valence-electron chi connectivity index (χ1n) is 4.81. The third-order valence-corrected chi connectivity index (χ3v) is 2.54. The zero-order valence-corrected chi connectivity index (χ0v) is 9.27. The third-order valence-electron chi connectivity index (χ3n) is 2.28. The van der Waals surface area contributed by atoms with Crippen LogP contribution < -0.4 is 0 Å². The minimum absolute atomic E-state index is 0.502. The fraction of sp³-hybridized carbons (Fsp3) is 0.0909. The Bertz CT molecular complexity index is 607. The van der Waals surface area contributed by atoms with E-state index in [1.165, 1.54) is 0 Å². The van der Waals surface area contributed by atoms with Crippen LogP contribution in [0.5, 0.6) is 0 Å². The molecule has 0 radical (unpaired) electrons. The monoisotopic (exact) mass is 233 g/mol. The van der Waals surface area contributed by atoms with E-state index in [1.807, 2.05) is 30.5 Å². The summed E-state index contributed by atoms with van der Waals surface area (Å²) in [6.07, 6.45) is 1.83. The van der Waals surface area contributed by atoms with Gasteiger partial charge >= 0.3 is 5.84 Å². The molecular formula is C11H8ClN3O. The van der Waals surface area contributed by atoms with Gasteiger partial charge in [-0.3, -0.25) is 0 Å². The van der Waals surface area contributed by atoms with Crippen molar-refractivity contribution in [2.45, 2.75) is 6.92 Å². The summed E-state index contributed by atoms with van der Waals surface area (Å²) in [5, 5.41) is 4.85. The lowest BCUT2D eigenvalue weighted by atomic mass is 10.2. The quantitative estimate of drug-likeness (QED) is 0.649. The molecule has 0 bridgehead atoms. The average molecular weight is 234 g/mol. The van der Waals surface area contributed by atoms with Crippen LogP contribution in [0.3, 0.4) is 0 Å². The van der Waals surface area contributed by atoms with E-state index < -0.39 is 0 Å². The predicted molar refractivity (Wildman–Crippen MR) is 60.4 cm³/mol. The van der Waals surface area contributed by atoms with E-state index in [4.69, 9.17) is 16.0 Å². The minimum Gasteiger partial charge on any atom is -0.408 e. The maximum Gasteiger partial charge on any atom is 0.325 e. The van der Waals surface area contributed by atoms with Crippen LogP contribution in [0.1, 0.15) is 5.89 Å². The molecule has 16 heavy (non-hydrogen) atoms. The molecule has 0 atom stereocenters. The number of halogens is 1. The van der Waals surface area contributed by atoms with Gasteiger partial charge in [0.1, 0.15) is 0 Å². The normalized spacial score (nSPS) is 11.1. The van der Waals surface area contributed by atoms with Gasteiger partial charge in [-0.05, 0) is 12.1 Å². The molecule has 1 aromatic carbocycles. The molecule has 2 aromatic heterocycles. The smallest absolute Gasteiger partial charge is 0.325 e. The summed E-state index contributed by atoms with van der Waals surface area (Å²) < 4.78 is 6.93. The number of hydrogen-bond acceptors (Lipinski definition) is 3. The summed E-state index contributed by atoms with van der Waals surface area (Å²) in [4.78, 5) is 4.32. The van der Waals surface area contributed by atoms with Crippen LogP contribution in [0, 0.1) is 6.92 Å². The molecule has 0 aliphatic carbocycles. The molecule has 0 unspecified atom stereocenters. The summed E-state index contributed by atoms with van der Waals surface area (Å²) in [7, 11) is 0. The Morgan fingerprint density at radius 2 is 2.00 bits per heavy atom. The maximum absolute atomic E-state index is 5.82. The molecule has 0 saturated heterocycles. The Kier molecular flexibility index (Phi) is 1.97. The number of benzene rings is 1. The molecule has 80 valence electrons. The van der Waals surface area contributed by atoms with Crippen molar-refractivity contribution < 1.29 is 4.42 Å². The highest BCUT2D eigenvalue weighted by molar-refractivity contribution is 6.30. The van der Waals surface area contributed by atoms with E-state index in [9.17, 15) is 0 Å².